The first-order valence-corrected chi connectivity index (χ1v) is 6.73. The van der Waals surface area contributed by atoms with E-state index in [-0.39, 0.29) is 24.0 Å². The summed E-state index contributed by atoms with van der Waals surface area (Å²) in [6.45, 7) is 5.08. The Kier molecular flexibility index (Phi) is 6.84. The maximum absolute atomic E-state index is 4.20. The summed E-state index contributed by atoms with van der Waals surface area (Å²) in [5.41, 5.74) is 2.53. The summed E-state index contributed by atoms with van der Waals surface area (Å²) in [7, 11) is 1.80. The summed E-state index contributed by atoms with van der Waals surface area (Å²) in [6, 6.07) is 8.77. The normalized spacial score (nSPS) is 11.5. The van der Waals surface area contributed by atoms with Gasteiger partial charge in [-0.2, -0.15) is 0 Å². The molecule has 4 nitrogen and oxygen atoms in total. The molecule has 3 N–H and O–H groups in total. The molecule has 0 saturated carbocycles. The van der Waals surface area contributed by atoms with Crippen molar-refractivity contribution in [1.29, 1.82) is 0 Å². The molecule has 110 valence electrons. The fourth-order valence-corrected chi connectivity index (χ4v) is 2.12. The predicted molar refractivity (Wildman–Crippen MR) is 97.1 cm³/mol. The summed E-state index contributed by atoms with van der Waals surface area (Å²) in [4.78, 5) is 7.49. The molecule has 0 aliphatic carbocycles. The fraction of sp³-hybridized carbons (Fsp3) is 0.400. The second kappa shape index (κ2) is 8.14. The van der Waals surface area contributed by atoms with Crippen LogP contribution >= 0.6 is 24.0 Å². The van der Waals surface area contributed by atoms with Crippen LogP contribution in [0.25, 0.3) is 10.9 Å². The van der Waals surface area contributed by atoms with Crippen molar-refractivity contribution in [3.8, 4) is 0 Å². The van der Waals surface area contributed by atoms with Crippen molar-refractivity contribution in [2.24, 2.45) is 4.99 Å². The number of aromatic nitrogens is 1. The first-order chi connectivity index (χ1) is 9.20. The summed E-state index contributed by atoms with van der Waals surface area (Å²) in [5.74, 6) is 0.856. The number of benzene rings is 1. The van der Waals surface area contributed by atoms with Gasteiger partial charge >= 0.3 is 0 Å². The first-order valence-electron chi connectivity index (χ1n) is 6.73. The molecule has 0 spiro atoms. The Balaban J connectivity index is 0.00000200. The molecule has 5 heteroatoms. The van der Waals surface area contributed by atoms with Crippen LogP contribution in [0, 0.1) is 0 Å². The zero-order valence-electron chi connectivity index (χ0n) is 12.2. The minimum atomic E-state index is 0. The lowest BCUT2D eigenvalue weighted by molar-refractivity contribution is 0.698. The van der Waals surface area contributed by atoms with Crippen molar-refractivity contribution in [2.45, 2.75) is 26.3 Å². The third kappa shape index (κ3) is 4.40. The summed E-state index contributed by atoms with van der Waals surface area (Å²) < 4.78 is 0. The lowest BCUT2D eigenvalue weighted by Gasteiger charge is -2.14. The second-order valence-electron chi connectivity index (χ2n) is 4.91. The number of para-hydroxylation sites is 1. The Labute approximate surface area is 137 Å². The maximum Gasteiger partial charge on any atom is 0.191 e. The Morgan fingerprint density at radius 3 is 2.75 bits per heavy atom. The molecule has 2 aromatic rings. The van der Waals surface area contributed by atoms with Gasteiger partial charge in [0, 0.05) is 36.7 Å². The number of aliphatic imine (C=N–C) groups is 1. The Morgan fingerprint density at radius 2 is 2.05 bits per heavy atom. The summed E-state index contributed by atoms with van der Waals surface area (Å²) >= 11 is 0. The van der Waals surface area contributed by atoms with E-state index in [2.05, 4.69) is 64.9 Å². The molecular weight excluding hydrogens is 363 g/mol. The second-order valence-corrected chi connectivity index (χ2v) is 4.91. The molecule has 1 heterocycles. The van der Waals surface area contributed by atoms with Crippen LogP contribution in [-0.2, 0) is 6.42 Å². The van der Waals surface area contributed by atoms with Crippen molar-refractivity contribution in [1.82, 2.24) is 15.6 Å². The molecule has 0 unspecified atom stereocenters. The number of nitrogens with one attached hydrogen (secondary N) is 3. The average molecular weight is 386 g/mol. The van der Waals surface area contributed by atoms with Crippen LogP contribution in [-0.4, -0.2) is 30.6 Å². The van der Waals surface area contributed by atoms with E-state index in [9.17, 15) is 0 Å². The molecule has 0 saturated heterocycles. The fourth-order valence-electron chi connectivity index (χ4n) is 2.12. The number of aromatic amines is 1. The van der Waals surface area contributed by atoms with Crippen LogP contribution in [0.1, 0.15) is 19.4 Å². The van der Waals surface area contributed by atoms with Gasteiger partial charge in [0.1, 0.15) is 0 Å². The predicted octanol–water partition coefficient (Wildman–Crippen LogP) is 2.90. The minimum absolute atomic E-state index is 0. The number of hydrogen-bond acceptors (Lipinski definition) is 1. The van der Waals surface area contributed by atoms with Crippen LogP contribution < -0.4 is 10.6 Å². The molecule has 1 aromatic heterocycles. The van der Waals surface area contributed by atoms with E-state index in [0.29, 0.717) is 6.04 Å². The van der Waals surface area contributed by atoms with Crippen molar-refractivity contribution in [3.63, 3.8) is 0 Å². The smallest absolute Gasteiger partial charge is 0.191 e. The van der Waals surface area contributed by atoms with Crippen LogP contribution in [0.2, 0.25) is 0 Å². The van der Waals surface area contributed by atoms with Crippen molar-refractivity contribution < 1.29 is 0 Å². The highest BCUT2D eigenvalue weighted by Crippen LogP contribution is 2.17. The van der Waals surface area contributed by atoms with E-state index in [0.717, 1.165) is 18.9 Å². The minimum Gasteiger partial charge on any atom is -0.361 e. The van der Waals surface area contributed by atoms with Gasteiger partial charge in [-0.3, -0.25) is 4.99 Å². The molecular formula is C15H23IN4. The number of hydrogen-bond donors (Lipinski definition) is 3. The van der Waals surface area contributed by atoms with Gasteiger partial charge < -0.3 is 15.6 Å². The average Bonchev–Trinajstić information content (AvgIpc) is 2.81. The molecule has 0 bridgehead atoms. The number of halogens is 1. The monoisotopic (exact) mass is 386 g/mol. The molecule has 0 radical (unpaired) electrons. The molecule has 0 amide bonds. The van der Waals surface area contributed by atoms with Gasteiger partial charge in [-0.25, -0.2) is 0 Å². The topological polar surface area (TPSA) is 52.2 Å². The highest BCUT2D eigenvalue weighted by Gasteiger charge is 2.03. The Hall–Kier alpha value is -1.24. The number of rotatable bonds is 4. The van der Waals surface area contributed by atoms with E-state index in [1.54, 1.807) is 7.05 Å². The molecule has 0 aliphatic rings. The lowest BCUT2D eigenvalue weighted by Crippen LogP contribution is -2.41. The standard InChI is InChI=1S/C15H22N4.HI/c1-11(2)19-15(16-3)17-9-8-12-10-18-14-7-5-4-6-13(12)14;/h4-7,10-11,18H,8-9H2,1-3H3,(H2,16,17,19);1H. The zero-order chi connectivity index (χ0) is 13.7. The third-order valence-electron chi connectivity index (χ3n) is 3.01. The lowest BCUT2D eigenvalue weighted by atomic mass is 10.1. The van der Waals surface area contributed by atoms with Gasteiger partial charge in [-0.05, 0) is 31.9 Å². The Bertz CT molecular complexity index is 560. The summed E-state index contributed by atoms with van der Waals surface area (Å²) in [5, 5.41) is 7.91. The quantitative estimate of drug-likeness (QED) is 0.430. The number of nitrogens with zero attached hydrogens (tertiary/aromatic N) is 1. The SMILES string of the molecule is CN=C(NCCc1c[nH]c2ccccc12)NC(C)C.I. The van der Waals surface area contributed by atoms with Gasteiger partial charge in [0.05, 0.1) is 0 Å². The molecule has 0 atom stereocenters. The van der Waals surface area contributed by atoms with Gasteiger partial charge in [0.2, 0.25) is 0 Å². The highest BCUT2D eigenvalue weighted by molar-refractivity contribution is 14.0. The first kappa shape index (κ1) is 16.8. The van der Waals surface area contributed by atoms with Crippen LogP contribution in [0.4, 0.5) is 0 Å². The van der Waals surface area contributed by atoms with Crippen LogP contribution in [0.15, 0.2) is 35.5 Å². The molecule has 20 heavy (non-hydrogen) atoms. The van der Waals surface area contributed by atoms with Crippen molar-refractivity contribution >= 4 is 40.8 Å². The van der Waals surface area contributed by atoms with E-state index < -0.39 is 0 Å². The highest BCUT2D eigenvalue weighted by atomic mass is 127. The van der Waals surface area contributed by atoms with E-state index in [4.69, 9.17) is 0 Å². The van der Waals surface area contributed by atoms with E-state index in [1.807, 2.05) is 0 Å². The van der Waals surface area contributed by atoms with Gasteiger partial charge in [-0.15, -0.1) is 24.0 Å². The number of fused-ring (bicyclic) bond motifs is 1. The van der Waals surface area contributed by atoms with Crippen LogP contribution in [0.3, 0.4) is 0 Å². The van der Waals surface area contributed by atoms with Crippen LogP contribution in [0.5, 0.6) is 0 Å². The van der Waals surface area contributed by atoms with Gasteiger partial charge in [0.15, 0.2) is 5.96 Å². The number of H-pyrrole nitrogens is 1. The molecule has 2 rings (SSSR count). The maximum atomic E-state index is 4.20. The van der Waals surface area contributed by atoms with Crippen molar-refractivity contribution in [3.05, 3.63) is 36.0 Å². The number of guanidine groups is 1. The molecule has 0 fully saturated rings. The van der Waals surface area contributed by atoms with E-state index >= 15 is 0 Å². The largest absolute Gasteiger partial charge is 0.361 e. The van der Waals surface area contributed by atoms with E-state index in [1.165, 1.54) is 16.5 Å². The Morgan fingerprint density at radius 1 is 1.30 bits per heavy atom. The van der Waals surface area contributed by atoms with Gasteiger partial charge in [0.25, 0.3) is 0 Å². The molecule has 1 aromatic carbocycles. The zero-order valence-corrected chi connectivity index (χ0v) is 14.6. The van der Waals surface area contributed by atoms with Crippen molar-refractivity contribution in [2.75, 3.05) is 13.6 Å². The summed E-state index contributed by atoms with van der Waals surface area (Å²) in [6.07, 6.45) is 3.06. The molecule has 0 aliphatic heterocycles. The third-order valence-corrected chi connectivity index (χ3v) is 3.01. The van der Waals surface area contributed by atoms with Gasteiger partial charge in [-0.1, -0.05) is 18.2 Å².